The Hall–Kier alpha value is -2.36. The van der Waals surface area contributed by atoms with Crippen molar-refractivity contribution in [1.29, 1.82) is 0 Å². The number of anilines is 1. The van der Waals surface area contributed by atoms with Crippen LogP contribution in [0.25, 0.3) is 0 Å². The normalized spacial score (nSPS) is 20.8. The summed E-state index contributed by atoms with van der Waals surface area (Å²) in [7, 11) is 0. The van der Waals surface area contributed by atoms with Crippen LogP contribution in [0.5, 0.6) is 0 Å². The second-order valence-corrected chi connectivity index (χ2v) is 7.34. The van der Waals surface area contributed by atoms with E-state index >= 15 is 0 Å². The highest BCUT2D eigenvalue weighted by Gasteiger charge is 2.31. The lowest BCUT2D eigenvalue weighted by molar-refractivity contribution is 0.0611. The highest BCUT2D eigenvalue weighted by Crippen LogP contribution is 2.37. The van der Waals surface area contributed by atoms with Crippen LogP contribution < -0.4 is 4.90 Å². The van der Waals surface area contributed by atoms with Gasteiger partial charge in [-0.1, -0.05) is 24.3 Å². The van der Waals surface area contributed by atoms with E-state index in [4.69, 9.17) is 4.98 Å². The first kappa shape index (κ1) is 17.1. The minimum Gasteiger partial charge on any atom is -0.356 e. The van der Waals surface area contributed by atoms with E-state index < -0.39 is 0 Å². The Morgan fingerprint density at radius 1 is 0.885 bits per heavy atom. The number of benzene rings is 1. The van der Waals surface area contributed by atoms with E-state index in [1.54, 1.807) is 0 Å². The monoisotopic (exact) mass is 349 g/mol. The Kier molecular flexibility index (Phi) is 5.19. The predicted octanol–water partition coefficient (Wildman–Crippen LogP) is 4.44. The lowest BCUT2D eigenvalue weighted by Gasteiger charge is -2.38. The molecule has 26 heavy (non-hydrogen) atoms. The smallest absolute Gasteiger partial charge is 0.254 e. The molecule has 2 aliphatic rings. The summed E-state index contributed by atoms with van der Waals surface area (Å²) in [6.07, 6.45) is 8.91. The van der Waals surface area contributed by atoms with Crippen molar-refractivity contribution in [3.05, 3.63) is 59.8 Å². The number of aromatic nitrogens is 1. The summed E-state index contributed by atoms with van der Waals surface area (Å²) in [6, 6.07) is 14.0. The van der Waals surface area contributed by atoms with Gasteiger partial charge in [0.1, 0.15) is 5.82 Å². The maximum absolute atomic E-state index is 13.2. The first-order valence-corrected chi connectivity index (χ1v) is 9.90. The van der Waals surface area contributed by atoms with Crippen LogP contribution in [0, 0.1) is 0 Å². The molecule has 1 aromatic carbocycles. The maximum Gasteiger partial charge on any atom is 0.254 e. The van der Waals surface area contributed by atoms with E-state index in [2.05, 4.69) is 15.9 Å². The molecule has 4 heteroatoms. The van der Waals surface area contributed by atoms with Crippen molar-refractivity contribution in [3.63, 3.8) is 0 Å². The van der Waals surface area contributed by atoms with Gasteiger partial charge >= 0.3 is 0 Å². The molecule has 2 aliphatic heterocycles. The summed E-state index contributed by atoms with van der Waals surface area (Å²) in [5.74, 6) is 1.23. The van der Waals surface area contributed by atoms with Crippen molar-refractivity contribution in [2.45, 2.75) is 44.6 Å². The van der Waals surface area contributed by atoms with E-state index in [9.17, 15) is 4.79 Å². The van der Waals surface area contributed by atoms with Gasteiger partial charge < -0.3 is 9.80 Å². The van der Waals surface area contributed by atoms with Gasteiger partial charge in [-0.3, -0.25) is 4.79 Å². The molecule has 0 spiro atoms. The van der Waals surface area contributed by atoms with Crippen LogP contribution in [0.3, 0.4) is 0 Å². The third kappa shape index (κ3) is 3.46. The Morgan fingerprint density at radius 3 is 2.46 bits per heavy atom. The van der Waals surface area contributed by atoms with Gasteiger partial charge in [0.25, 0.3) is 5.91 Å². The average molecular weight is 349 g/mol. The number of pyridine rings is 1. The molecule has 136 valence electrons. The molecule has 3 heterocycles. The Bertz CT molecular complexity index is 740. The topological polar surface area (TPSA) is 36.4 Å². The number of carbonyl (C=O) groups excluding carboxylic acids is 1. The van der Waals surface area contributed by atoms with Crippen LogP contribution in [-0.2, 0) is 0 Å². The van der Waals surface area contributed by atoms with Gasteiger partial charge in [-0.05, 0) is 56.7 Å². The van der Waals surface area contributed by atoms with E-state index in [-0.39, 0.29) is 11.9 Å². The Balaban J connectivity index is 1.65. The lowest BCUT2D eigenvalue weighted by atomic mass is 9.94. The van der Waals surface area contributed by atoms with Gasteiger partial charge in [0.15, 0.2) is 0 Å². The highest BCUT2D eigenvalue weighted by atomic mass is 16.2. The van der Waals surface area contributed by atoms with Crippen LogP contribution in [0.1, 0.15) is 60.5 Å². The molecule has 0 bridgehead atoms. The summed E-state index contributed by atoms with van der Waals surface area (Å²) in [5.41, 5.74) is 2.00. The van der Waals surface area contributed by atoms with Gasteiger partial charge in [-0.15, -0.1) is 0 Å². The number of hydrogen-bond acceptors (Lipinski definition) is 3. The van der Waals surface area contributed by atoms with E-state index in [0.717, 1.165) is 50.3 Å². The molecule has 1 amide bonds. The van der Waals surface area contributed by atoms with Crippen molar-refractivity contribution in [1.82, 2.24) is 9.88 Å². The molecule has 1 atom stereocenters. The molecule has 2 saturated heterocycles. The number of nitrogens with zero attached hydrogens (tertiary/aromatic N) is 3. The average Bonchev–Trinajstić information content (AvgIpc) is 2.74. The van der Waals surface area contributed by atoms with Crippen LogP contribution in [0.2, 0.25) is 0 Å². The Morgan fingerprint density at radius 2 is 1.65 bits per heavy atom. The largest absolute Gasteiger partial charge is 0.356 e. The molecule has 4 nitrogen and oxygen atoms in total. The molecular formula is C22H27N3O. The van der Waals surface area contributed by atoms with Gasteiger partial charge in [-0.25, -0.2) is 4.98 Å². The predicted molar refractivity (Wildman–Crippen MR) is 104 cm³/mol. The highest BCUT2D eigenvalue weighted by molar-refractivity contribution is 5.94. The van der Waals surface area contributed by atoms with E-state index in [1.165, 1.54) is 24.8 Å². The number of rotatable bonds is 3. The van der Waals surface area contributed by atoms with Crippen LogP contribution >= 0.6 is 0 Å². The van der Waals surface area contributed by atoms with Crippen molar-refractivity contribution in [3.8, 4) is 0 Å². The summed E-state index contributed by atoms with van der Waals surface area (Å²) < 4.78 is 0. The molecule has 0 N–H and O–H groups in total. The minimum atomic E-state index is 0.127. The fourth-order valence-electron chi connectivity index (χ4n) is 4.28. The van der Waals surface area contributed by atoms with E-state index in [0.29, 0.717) is 0 Å². The molecular weight excluding hydrogens is 322 g/mol. The zero-order chi connectivity index (χ0) is 17.8. The molecule has 0 unspecified atom stereocenters. The quantitative estimate of drug-likeness (QED) is 0.822. The summed E-state index contributed by atoms with van der Waals surface area (Å²) in [4.78, 5) is 22.4. The second kappa shape index (κ2) is 7.90. The zero-order valence-electron chi connectivity index (χ0n) is 15.3. The van der Waals surface area contributed by atoms with Crippen molar-refractivity contribution in [2.24, 2.45) is 0 Å². The first-order chi connectivity index (χ1) is 12.8. The van der Waals surface area contributed by atoms with Gasteiger partial charge in [0, 0.05) is 37.0 Å². The molecule has 0 aliphatic carbocycles. The molecule has 4 rings (SSSR count). The van der Waals surface area contributed by atoms with Crippen molar-refractivity contribution < 1.29 is 4.79 Å². The molecule has 1 aromatic heterocycles. The number of hydrogen-bond donors (Lipinski definition) is 0. The molecule has 2 aromatic rings. The third-order valence-corrected chi connectivity index (χ3v) is 5.62. The van der Waals surface area contributed by atoms with Crippen LogP contribution in [-0.4, -0.2) is 35.4 Å². The summed E-state index contributed by atoms with van der Waals surface area (Å²) >= 11 is 0. The van der Waals surface area contributed by atoms with Gasteiger partial charge in [0.2, 0.25) is 0 Å². The minimum absolute atomic E-state index is 0.127. The molecule has 2 fully saturated rings. The Labute approximate surface area is 155 Å². The summed E-state index contributed by atoms with van der Waals surface area (Å²) in [6.45, 7) is 2.97. The summed E-state index contributed by atoms with van der Waals surface area (Å²) in [5, 5.41) is 0. The SMILES string of the molecule is O=C(c1ccccc1)N1CCCC[C@@H]1c1cccnc1N1CCCCC1. The fraction of sp³-hybridized carbons (Fsp3) is 0.455. The van der Waals surface area contributed by atoms with Gasteiger partial charge in [-0.2, -0.15) is 0 Å². The molecule has 0 saturated carbocycles. The number of likely N-dealkylation sites (tertiary alicyclic amines) is 1. The zero-order valence-corrected chi connectivity index (χ0v) is 15.3. The number of piperidine rings is 2. The number of amides is 1. The fourth-order valence-corrected chi connectivity index (χ4v) is 4.28. The third-order valence-electron chi connectivity index (χ3n) is 5.62. The lowest BCUT2D eigenvalue weighted by Crippen LogP contribution is -2.40. The van der Waals surface area contributed by atoms with E-state index in [1.807, 2.05) is 42.6 Å². The van der Waals surface area contributed by atoms with Crippen LogP contribution in [0.15, 0.2) is 48.7 Å². The maximum atomic E-state index is 13.2. The van der Waals surface area contributed by atoms with Crippen LogP contribution in [0.4, 0.5) is 5.82 Å². The molecule has 0 radical (unpaired) electrons. The first-order valence-electron chi connectivity index (χ1n) is 9.90. The van der Waals surface area contributed by atoms with Gasteiger partial charge in [0.05, 0.1) is 6.04 Å². The second-order valence-electron chi connectivity index (χ2n) is 7.34. The van der Waals surface area contributed by atoms with Crippen molar-refractivity contribution in [2.75, 3.05) is 24.5 Å². The standard InChI is InChI=1S/C22H27N3O/c26-22(18-10-3-1-4-11-18)25-17-8-5-13-20(25)19-12-9-14-23-21(19)24-15-6-2-7-16-24/h1,3-4,9-12,14,20H,2,5-8,13,15-17H2/t20-/m1/s1. The van der Waals surface area contributed by atoms with Crippen molar-refractivity contribution >= 4 is 11.7 Å². The number of carbonyl (C=O) groups is 1.